The molecule has 0 unspecified atom stereocenters. The number of ether oxygens (including phenoxy) is 2. The van der Waals surface area contributed by atoms with E-state index in [1.54, 1.807) is 24.0 Å². The van der Waals surface area contributed by atoms with E-state index in [9.17, 15) is 19.8 Å². The Kier molecular flexibility index (Phi) is 8.34. The normalized spacial score (nSPS) is 22.8. The number of carbonyl (C=O) groups is 2. The number of carbonyl (C=O) groups excluding carboxylic acids is 2. The number of rotatable bonds is 5. The Bertz CT molecular complexity index is 1470. The van der Waals surface area contributed by atoms with Gasteiger partial charge in [0.05, 0.1) is 6.33 Å². The van der Waals surface area contributed by atoms with E-state index in [-0.39, 0.29) is 28.9 Å². The number of aromatic nitrogens is 4. The molecule has 5 N–H and O–H groups in total. The summed E-state index contributed by atoms with van der Waals surface area (Å²) < 4.78 is 12.6. The van der Waals surface area contributed by atoms with Crippen LogP contribution < -0.4 is 15.8 Å². The number of nitrogen functional groups attached to an aromatic ring is 1. The summed E-state index contributed by atoms with van der Waals surface area (Å²) in [6.45, 7) is 5.23. The van der Waals surface area contributed by atoms with Crippen molar-refractivity contribution in [2.24, 2.45) is 5.92 Å². The second-order valence-corrected chi connectivity index (χ2v) is 10.2. The van der Waals surface area contributed by atoms with Crippen LogP contribution in [0.1, 0.15) is 43.8 Å². The third-order valence-corrected chi connectivity index (χ3v) is 7.26. The van der Waals surface area contributed by atoms with E-state index in [0.717, 1.165) is 18.4 Å². The summed E-state index contributed by atoms with van der Waals surface area (Å²) in [5.74, 6) is 6.64. The number of fused-ring (bicyclic) bond motifs is 1. The minimum Gasteiger partial charge on any atom is -0.410 e. The molecule has 0 saturated carbocycles. The number of likely N-dealkylation sites (tertiary alicyclic amines) is 1. The first-order chi connectivity index (χ1) is 19.7. The maximum absolute atomic E-state index is 12.5. The maximum atomic E-state index is 12.5. The Hall–Kier alpha value is -4.25. The number of hydrogen-bond acceptors (Lipinski definition) is 10. The van der Waals surface area contributed by atoms with Crippen molar-refractivity contribution in [3.63, 3.8) is 0 Å². The van der Waals surface area contributed by atoms with Gasteiger partial charge in [-0.2, -0.15) is 0 Å². The number of nitrogens with one attached hydrogen (secondary N) is 1. The number of aryl methyl sites for hydroxylation is 1. The van der Waals surface area contributed by atoms with E-state index in [1.807, 2.05) is 19.1 Å². The van der Waals surface area contributed by atoms with Gasteiger partial charge in [-0.1, -0.05) is 23.6 Å². The number of likely N-dealkylation sites (N-methyl/N-ethyl adjacent to an activating group) is 1. The lowest BCUT2D eigenvalue weighted by atomic mass is 9.94. The molecule has 2 amide bonds. The average Bonchev–Trinajstić information content (AvgIpc) is 3.51. The number of aliphatic hydroxyl groups is 2. The first-order valence-corrected chi connectivity index (χ1v) is 13.6. The van der Waals surface area contributed by atoms with Crippen LogP contribution in [0, 0.1) is 24.7 Å². The summed E-state index contributed by atoms with van der Waals surface area (Å²) in [7, 11) is 0. The average molecular weight is 564 g/mol. The summed E-state index contributed by atoms with van der Waals surface area (Å²) in [5.41, 5.74) is 7.75. The van der Waals surface area contributed by atoms with Crippen LogP contribution in [-0.2, 0) is 9.53 Å². The first-order valence-electron chi connectivity index (χ1n) is 13.6. The third-order valence-electron chi connectivity index (χ3n) is 7.26. The molecule has 0 aliphatic carbocycles. The topological polar surface area (TPSA) is 178 Å². The molecule has 2 aromatic heterocycles. The van der Waals surface area contributed by atoms with E-state index < -0.39 is 30.4 Å². The van der Waals surface area contributed by atoms with Crippen LogP contribution in [0.5, 0.6) is 5.75 Å². The summed E-state index contributed by atoms with van der Waals surface area (Å²) in [4.78, 5) is 39.4. The molecule has 13 nitrogen and oxygen atoms in total. The molecule has 2 aliphatic rings. The van der Waals surface area contributed by atoms with Crippen molar-refractivity contribution in [2.75, 3.05) is 25.4 Å². The molecule has 4 atom stereocenters. The molecule has 216 valence electrons. The van der Waals surface area contributed by atoms with Crippen LogP contribution in [0.25, 0.3) is 11.2 Å². The number of nitrogens with zero attached hydrogens (tertiary/aromatic N) is 5. The van der Waals surface area contributed by atoms with E-state index >= 15 is 0 Å². The number of benzene rings is 1. The second kappa shape index (κ2) is 12.1. The fraction of sp³-hybridized carbons (Fsp3) is 0.464. The number of nitrogens with two attached hydrogens (primary N) is 1. The number of aliphatic hydroxyl groups excluding tert-OH is 2. The lowest BCUT2D eigenvalue weighted by Crippen LogP contribution is -2.42. The van der Waals surface area contributed by atoms with Crippen molar-refractivity contribution in [3.8, 4) is 17.6 Å². The van der Waals surface area contributed by atoms with Gasteiger partial charge in [0.25, 0.3) is 5.91 Å². The van der Waals surface area contributed by atoms with Gasteiger partial charge in [-0.3, -0.25) is 9.36 Å². The quantitative estimate of drug-likeness (QED) is 0.329. The van der Waals surface area contributed by atoms with Crippen LogP contribution in [0.4, 0.5) is 10.6 Å². The Labute approximate surface area is 236 Å². The Morgan fingerprint density at radius 1 is 1.17 bits per heavy atom. The molecule has 2 saturated heterocycles. The highest BCUT2D eigenvalue weighted by atomic mass is 16.6. The molecule has 2 aliphatic heterocycles. The standard InChI is InChI=1S/C28H33N7O6/c1-3-30-26(38)23-21(36)22(37)27(41-23)35-15-31-20-24(29)32-19(33-25(20)35)6-4-5-17-11-13-34(14-12-17)28(39)40-18-9-7-16(2)8-10-18/h7-10,15,17,21-23,27,36-37H,3,5,11-14H2,1-2H3,(H,30,38)(H2,29,32,33)/t21-,22+,23-,27+/m0/s1. The van der Waals surface area contributed by atoms with Gasteiger partial charge >= 0.3 is 6.09 Å². The van der Waals surface area contributed by atoms with Gasteiger partial charge in [-0.15, -0.1) is 0 Å². The predicted octanol–water partition coefficient (Wildman–Crippen LogP) is 1.12. The van der Waals surface area contributed by atoms with Crippen molar-refractivity contribution in [2.45, 2.75) is 57.6 Å². The molecule has 41 heavy (non-hydrogen) atoms. The highest BCUT2D eigenvalue weighted by Crippen LogP contribution is 2.32. The molecule has 5 rings (SSSR count). The zero-order chi connectivity index (χ0) is 29.1. The van der Waals surface area contributed by atoms with Gasteiger partial charge in [0.2, 0.25) is 5.82 Å². The van der Waals surface area contributed by atoms with Gasteiger partial charge in [-0.05, 0) is 50.7 Å². The fourth-order valence-electron chi connectivity index (χ4n) is 4.93. The molecular weight excluding hydrogens is 530 g/mol. The molecule has 2 fully saturated rings. The highest BCUT2D eigenvalue weighted by Gasteiger charge is 2.47. The lowest BCUT2D eigenvalue weighted by Gasteiger charge is -2.30. The highest BCUT2D eigenvalue weighted by molar-refractivity contribution is 5.83. The van der Waals surface area contributed by atoms with Gasteiger partial charge in [0, 0.05) is 26.1 Å². The first kappa shape index (κ1) is 28.3. The van der Waals surface area contributed by atoms with Crippen molar-refractivity contribution < 1.29 is 29.3 Å². The SMILES string of the molecule is CCNC(=O)[C@H]1O[C@@H](n2cnc3c(N)nc(C#CCC4CCN(C(=O)Oc5ccc(C)cc5)CC4)nc32)[C@H](O)[C@@H]1O. The summed E-state index contributed by atoms with van der Waals surface area (Å²) in [6, 6.07) is 7.36. The van der Waals surface area contributed by atoms with Crippen LogP contribution in [-0.4, -0.2) is 84.6 Å². The van der Waals surface area contributed by atoms with Crippen LogP contribution in [0.3, 0.4) is 0 Å². The summed E-state index contributed by atoms with van der Waals surface area (Å²) in [5, 5.41) is 23.6. The van der Waals surface area contributed by atoms with Crippen LogP contribution >= 0.6 is 0 Å². The number of piperidine rings is 1. The minimum atomic E-state index is -1.43. The zero-order valence-electron chi connectivity index (χ0n) is 22.9. The molecule has 0 bridgehead atoms. The number of amides is 2. The van der Waals surface area contributed by atoms with Crippen molar-refractivity contribution >= 4 is 29.0 Å². The fourth-order valence-corrected chi connectivity index (χ4v) is 4.93. The molecule has 1 aromatic carbocycles. The lowest BCUT2D eigenvalue weighted by molar-refractivity contribution is -0.137. The molecule has 0 spiro atoms. The monoisotopic (exact) mass is 563 g/mol. The molecular formula is C28H33N7O6. The van der Waals surface area contributed by atoms with Gasteiger partial charge in [0.15, 0.2) is 23.8 Å². The number of anilines is 1. The van der Waals surface area contributed by atoms with E-state index in [0.29, 0.717) is 37.7 Å². The molecule has 3 aromatic rings. The van der Waals surface area contributed by atoms with Crippen LogP contribution in [0.15, 0.2) is 30.6 Å². The summed E-state index contributed by atoms with van der Waals surface area (Å²) >= 11 is 0. The number of imidazole rings is 1. The van der Waals surface area contributed by atoms with Crippen LogP contribution in [0.2, 0.25) is 0 Å². The Morgan fingerprint density at radius 3 is 2.61 bits per heavy atom. The smallest absolute Gasteiger partial charge is 0.410 e. The predicted molar refractivity (Wildman–Crippen MR) is 147 cm³/mol. The van der Waals surface area contributed by atoms with Gasteiger partial charge < -0.3 is 35.6 Å². The van der Waals surface area contributed by atoms with Gasteiger partial charge in [-0.25, -0.2) is 19.7 Å². The molecule has 13 heteroatoms. The molecule has 0 radical (unpaired) electrons. The van der Waals surface area contributed by atoms with Crippen molar-refractivity contribution in [1.29, 1.82) is 0 Å². The summed E-state index contributed by atoms with van der Waals surface area (Å²) in [6.07, 6.45) is -2.01. The second-order valence-electron chi connectivity index (χ2n) is 10.2. The third kappa shape index (κ3) is 6.09. The number of hydrogen-bond donors (Lipinski definition) is 4. The van der Waals surface area contributed by atoms with Crippen molar-refractivity contribution in [1.82, 2.24) is 29.7 Å². The van der Waals surface area contributed by atoms with Crippen molar-refractivity contribution in [3.05, 3.63) is 42.0 Å². The minimum absolute atomic E-state index is 0.103. The van der Waals surface area contributed by atoms with Gasteiger partial charge in [0.1, 0.15) is 23.5 Å². The zero-order valence-corrected chi connectivity index (χ0v) is 22.9. The maximum Gasteiger partial charge on any atom is 0.415 e. The largest absolute Gasteiger partial charge is 0.415 e. The Morgan fingerprint density at radius 2 is 1.90 bits per heavy atom. The van der Waals surface area contributed by atoms with E-state index in [2.05, 4.69) is 32.1 Å². The molecule has 4 heterocycles. The Balaban J connectivity index is 1.21. The van der Waals surface area contributed by atoms with E-state index in [4.69, 9.17) is 15.2 Å². The van der Waals surface area contributed by atoms with E-state index in [1.165, 1.54) is 10.9 Å².